The Morgan fingerprint density at radius 3 is 2.28 bits per heavy atom. The van der Waals surface area contributed by atoms with Crippen molar-refractivity contribution >= 4 is 27.0 Å². The van der Waals surface area contributed by atoms with Gasteiger partial charge in [-0.15, -0.1) is 0 Å². The van der Waals surface area contributed by atoms with Crippen LogP contribution in [-0.4, -0.2) is 32.4 Å². The van der Waals surface area contributed by atoms with Crippen molar-refractivity contribution in [3.8, 4) is 0 Å². The van der Waals surface area contributed by atoms with Crippen LogP contribution in [0.2, 0.25) is 0 Å². The molecule has 132 valence electrons. The van der Waals surface area contributed by atoms with Crippen LogP contribution in [0.15, 0.2) is 59.5 Å². The lowest BCUT2D eigenvalue weighted by Gasteiger charge is -2.16. The van der Waals surface area contributed by atoms with Crippen molar-refractivity contribution in [3.63, 3.8) is 0 Å². The minimum atomic E-state index is -3.60. The Bertz CT molecular complexity index is 879. The van der Waals surface area contributed by atoms with E-state index in [4.69, 9.17) is 22.7 Å². The van der Waals surface area contributed by atoms with E-state index in [1.165, 1.54) is 7.11 Å². The number of rotatable bonds is 6. The molecule has 0 aliphatic heterocycles. The Morgan fingerprint density at radius 2 is 1.76 bits per heavy atom. The number of sulfone groups is 1. The van der Waals surface area contributed by atoms with E-state index in [0.29, 0.717) is 4.90 Å². The molecule has 0 bridgehead atoms. The summed E-state index contributed by atoms with van der Waals surface area (Å²) < 4.78 is 32.0. The molecule has 2 N–H and O–H groups in total. The highest BCUT2D eigenvalue weighted by Crippen LogP contribution is 2.64. The second-order valence-corrected chi connectivity index (χ2v) is 9.01. The predicted molar refractivity (Wildman–Crippen MR) is 102 cm³/mol. The molecule has 2 aromatic rings. The molecule has 1 saturated carbocycles. The highest BCUT2D eigenvalue weighted by molar-refractivity contribution is 7.92. The van der Waals surface area contributed by atoms with Gasteiger partial charge in [-0.1, -0.05) is 60.2 Å². The van der Waals surface area contributed by atoms with Crippen LogP contribution >= 0.6 is 12.2 Å². The van der Waals surface area contributed by atoms with Gasteiger partial charge >= 0.3 is 0 Å². The van der Waals surface area contributed by atoms with Gasteiger partial charge in [-0.25, -0.2) is 8.42 Å². The van der Waals surface area contributed by atoms with E-state index >= 15 is 0 Å². The van der Waals surface area contributed by atoms with Gasteiger partial charge in [0.1, 0.15) is 0 Å². The van der Waals surface area contributed by atoms with Gasteiger partial charge in [0, 0.05) is 13.0 Å². The van der Waals surface area contributed by atoms with E-state index in [9.17, 15) is 8.42 Å². The Balaban J connectivity index is 2.11. The van der Waals surface area contributed by atoms with Gasteiger partial charge < -0.3 is 10.5 Å². The van der Waals surface area contributed by atoms with E-state index < -0.39 is 20.5 Å². The summed E-state index contributed by atoms with van der Waals surface area (Å²) in [7, 11) is -2.06. The van der Waals surface area contributed by atoms with Crippen LogP contribution in [0.4, 0.5) is 0 Å². The molecule has 1 aliphatic rings. The van der Waals surface area contributed by atoms with Crippen LogP contribution in [0, 0.1) is 12.3 Å². The highest BCUT2D eigenvalue weighted by atomic mass is 32.2. The molecule has 0 unspecified atom stereocenters. The zero-order valence-electron chi connectivity index (χ0n) is 14.2. The van der Waals surface area contributed by atoms with Crippen LogP contribution < -0.4 is 5.73 Å². The number of nitrogens with two attached hydrogens (primary N) is 1. The van der Waals surface area contributed by atoms with Crippen LogP contribution in [0.3, 0.4) is 0 Å². The van der Waals surface area contributed by atoms with E-state index in [0.717, 1.165) is 11.1 Å². The zero-order chi connectivity index (χ0) is 18.2. The molecule has 0 saturated heterocycles. The monoisotopic (exact) mass is 375 g/mol. The van der Waals surface area contributed by atoms with Gasteiger partial charge in [0.05, 0.1) is 27.2 Å². The standard InChI is InChI=1S/C19H21NO3S2/c1-13-8-10-15(11-9-13)25(21,22)17-16(14-6-4-3-5-7-14)19(17,12-23-2)18(20)24/h3-11,16-17H,12H2,1-2H3,(H2,20,24)/t16-,17-,19+/m1/s1. The Morgan fingerprint density at radius 1 is 1.16 bits per heavy atom. The average Bonchev–Trinajstić information content (AvgIpc) is 3.27. The van der Waals surface area contributed by atoms with Gasteiger partial charge in [0.2, 0.25) is 0 Å². The third kappa shape index (κ3) is 2.88. The molecule has 6 heteroatoms. The lowest BCUT2D eigenvalue weighted by molar-refractivity contribution is 0.166. The molecular formula is C19H21NO3S2. The minimum absolute atomic E-state index is 0.178. The first kappa shape index (κ1) is 18.0. The number of aryl methyl sites for hydroxylation is 1. The Labute approximate surface area is 153 Å². The van der Waals surface area contributed by atoms with Crippen molar-refractivity contribution in [2.45, 2.75) is 23.0 Å². The van der Waals surface area contributed by atoms with Gasteiger partial charge in [0.15, 0.2) is 9.84 Å². The third-order valence-electron chi connectivity index (χ3n) is 4.94. The normalized spacial score (nSPS) is 25.5. The van der Waals surface area contributed by atoms with E-state index in [2.05, 4.69) is 0 Å². The van der Waals surface area contributed by atoms with Gasteiger partial charge in [-0.05, 0) is 24.6 Å². The summed E-state index contributed by atoms with van der Waals surface area (Å²) in [5, 5.41) is -0.720. The topological polar surface area (TPSA) is 69.4 Å². The number of ether oxygens (including phenoxy) is 1. The lowest BCUT2D eigenvalue weighted by atomic mass is 10.00. The molecule has 0 spiro atoms. The summed E-state index contributed by atoms with van der Waals surface area (Å²) in [4.78, 5) is 0.474. The first-order valence-corrected chi connectivity index (χ1v) is 9.95. The lowest BCUT2D eigenvalue weighted by Crippen LogP contribution is -2.33. The summed E-state index contributed by atoms with van der Waals surface area (Å²) in [5.41, 5.74) is 7.06. The maximum atomic E-state index is 13.3. The highest BCUT2D eigenvalue weighted by Gasteiger charge is 2.73. The molecule has 0 amide bonds. The second-order valence-electron chi connectivity index (χ2n) is 6.50. The van der Waals surface area contributed by atoms with Crippen LogP contribution in [0.1, 0.15) is 17.0 Å². The van der Waals surface area contributed by atoms with Gasteiger partial charge in [-0.3, -0.25) is 0 Å². The molecular weight excluding hydrogens is 354 g/mol. The van der Waals surface area contributed by atoms with Crippen LogP contribution in [-0.2, 0) is 14.6 Å². The van der Waals surface area contributed by atoms with Crippen molar-refractivity contribution in [2.75, 3.05) is 13.7 Å². The molecule has 3 atom stereocenters. The Hall–Kier alpha value is -1.76. The van der Waals surface area contributed by atoms with Gasteiger partial charge in [0.25, 0.3) is 0 Å². The molecule has 2 aromatic carbocycles. The maximum Gasteiger partial charge on any atom is 0.182 e. The summed E-state index contributed by atoms with van der Waals surface area (Å²) in [6.07, 6.45) is 0. The van der Waals surface area contributed by atoms with E-state index in [1.54, 1.807) is 24.3 Å². The van der Waals surface area contributed by atoms with Crippen molar-refractivity contribution in [1.29, 1.82) is 0 Å². The summed E-state index contributed by atoms with van der Waals surface area (Å²) in [6.45, 7) is 2.10. The fourth-order valence-corrected chi connectivity index (χ4v) is 6.41. The number of methoxy groups -OCH3 is 1. The summed E-state index contributed by atoms with van der Waals surface area (Å²) in [5.74, 6) is -0.308. The van der Waals surface area contributed by atoms with Crippen molar-refractivity contribution in [2.24, 2.45) is 11.1 Å². The van der Waals surface area contributed by atoms with E-state index in [1.807, 2.05) is 37.3 Å². The average molecular weight is 376 g/mol. The smallest absolute Gasteiger partial charge is 0.182 e. The zero-order valence-corrected chi connectivity index (χ0v) is 15.8. The fourth-order valence-electron chi connectivity index (χ4n) is 3.64. The number of hydrogen-bond donors (Lipinski definition) is 1. The number of thiocarbonyl (C=S) groups is 1. The first-order valence-electron chi connectivity index (χ1n) is 8.00. The maximum absolute atomic E-state index is 13.3. The molecule has 1 fully saturated rings. The minimum Gasteiger partial charge on any atom is -0.393 e. The van der Waals surface area contributed by atoms with Gasteiger partial charge in [-0.2, -0.15) is 0 Å². The van der Waals surface area contributed by atoms with E-state index in [-0.39, 0.29) is 17.5 Å². The number of hydrogen-bond acceptors (Lipinski definition) is 4. The Kier molecular flexibility index (Phi) is 4.70. The SMILES string of the molecule is COC[C@]1(C(N)=S)[C@H](c2ccccc2)[C@H]1S(=O)(=O)c1ccc(C)cc1. The third-order valence-corrected chi connectivity index (χ3v) is 7.61. The largest absolute Gasteiger partial charge is 0.393 e. The predicted octanol–water partition coefficient (Wildman–Crippen LogP) is 2.85. The van der Waals surface area contributed by atoms with Crippen LogP contribution in [0.25, 0.3) is 0 Å². The molecule has 25 heavy (non-hydrogen) atoms. The van der Waals surface area contributed by atoms with Crippen molar-refractivity contribution < 1.29 is 13.2 Å². The number of benzene rings is 2. The fraction of sp³-hybridized carbons (Fsp3) is 0.316. The molecule has 3 rings (SSSR count). The van der Waals surface area contributed by atoms with Crippen LogP contribution in [0.5, 0.6) is 0 Å². The molecule has 4 nitrogen and oxygen atoms in total. The van der Waals surface area contributed by atoms with Crippen molar-refractivity contribution in [3.05, 3.63) is 65.7 Å². The van der Waals surface area contributed by atoms with Crippen molar-refractivity contribution in [1.82, 2.24) is 0 Å². The molecule has 0 aromatic heterocycles. The second kappa shape index (κ2) is 6.52. The summed E-state index contributed by atoms with van der Waals surface area (Å²) >= 11 is 5.29. The molecule has 0 radical (unpaired) electrons. The quantitative estimate of drug-likeness (QED) is 0.786. The summed E-state index contributed by atoms with van der Waals surface area (Å²) in [6, 6.07) is 16.4. The molecule has 1 aliphatic carbocycles. The molecule has 0 heterocycles. The first-order chi connectivity index (χ1) is 11.9.